The highest BCUT2D eigenvalue weighted by Gasteiger charge is 2.06. The minimum atomic E-state index is -0.269. The van der Waals surface area contributed by atoms with E-state index in [1.165, 1.54) is 44.9 Å². The van der Waals surface area contributed by atoms with Crippen LogP contribution < -0.4 is 5.73 Å². The molecule has 0 unspecified atom stereocenters. The summed E-state index contributed by atoms with van der Waals surface area (Å²) in [6, 6.07) is -0.269. The third-order valence-electron chi connectivity index (χ3n) is 3.09. The van der Waals surface area contributed by atoms with E-state index in [0.29, 0.717) is 0 Å². The fourth-order valence-electron chi connectivity index (χ4n) is 2.04. The lowest BCUT2D eigenvalue weighted by atomic mass is 10.1. The number of rotatable bonds is 11. The predicted molar refractivity (Wildman–Crippen MR) is 74.1 cm³/mol. The number of carbonyl (C=O) groups is 1. The Balaban J connectivity index is 3.33. The number of hydrogen-bond donors (Lipinski definition) is 1. The second kappa shape index (κ2) is 11.7. The second-order valence-electron chi connectivity index (χ2n) is 4.80. The van der Waals surface area contributed by atoms with Crippen molar-refractivity contribution in [1.82, 2.24) is 4.90 Å². The molecule has 0 heterocycles. The SMILES string of the molecule is CCCCCCCCCCN(CCC)C(N)=O. The molecule has 0 saturated carbocycles. The second-order valence-corrected chi connectivity index (χ2v) is 4.80. The van der Waals surface area contributed by atoms with Gasteiger partial charge in [-0.2, -0.15) is 0 Å². The van der Waals surface area contributed by atoms with E-state index in [0.717, 1.165) is 25.9 Å². The Kier molecular flexibility index (Phi) is 11.2. The average Bonchev–Trinajstić information content (AvgIpc) is 2.31. The molecule has 0 aromatic heterocycles. The smallest absolute Gasteiger partial charge is 0.314 e. The van der Waals surface area contributed by atoms with Gasteiger partial charge in [0.05, 0.1) is 0 Å². The fourth-order valence-corrected chi connectivity index (χ4v) is 2.04. The van der Waals surface area contributed by atoms with Crippen molar-refractivity contribution in [2.24, 2.45) is 5.73 Å². The first-order valence-electron chi connectivity index (χ1n) is 7.26. The van der Waals surface area contributed by atoms with Gasteiger partial charge in [-0.25, -0.2) is 4.79 Å². The molecule has 0 radical (unpaired) electrons. The molecule has 0 fully saturated rings. The first-order chi connectivity index (χ1) is 8.22. The number of unbranched alkanes of at least 4 members (excludes halogenated alkanes) is 7. The first-order valence-corrected chi connectivity index (χ1v) is 7.26. The van der Waals surface area contributed by atoms with E-state index in [9.17, 15) is 4.79 Å². The van der Waals surface area contributed by atoms with Crippen LogP contribution in [-0.4, -0.2) is 24.0 Å². The number of hydrogen-bond acceptors (Lipinski definition) is 1. The molecule has 0 atom stereocenters. The van der Waals surface area contributed by atoms with Crippen molar-refractivity contribution >= 4 is 6.03 Å². The van der Waals surface area contributed by atoms with Gasteiger partial charge in [-0.3, -0.25) is 0 Å². The van der Waals surface area contributed by atoms with E-state index >= 15 is 0 Å². The minimum Gasteiger partial charge on any atom is -0.351 e. The molecule has 17 heavy (non-hydrogen) atoms. The zero-order valence-corrected chi connectivity index (χ0v) is 11.7. The van der Waals surface area contributed by atoms with Crippen LogP contribution in [0.25, 0.3) is 0 Å². The maximum absolute atomic E-state index is 11.1. The number of nitrogens with two attached hydrogens (primary N) is 1. The quantitative estimate of drug-likeness (QED) is 0.548. The van der Waals surface area contributed by atoms with Gasteiger partial charge in [0.25, 0.3) is 0 Å². The van der Waals surface area contributed by atoms with Gasteiger partial charge in [0.1, 0.15) is 0 Å². The molecule has 102 valence electrons. The van der Waals surface area contributed by atoms with Crippen LogP contribution in [-0.2, 0) is 0 Å². The summed E-state index contributed by atoms with van der Waals surface area (Å²) < 4.78 is 0. The molecule has 2 amide bonds. The third-order valence-corrected chi connectivity index (χ3v) is 3.09. The molecule has 0 aliphatic carbocycles. The first kappa shape index (κ1) is 16.3. The highest BCUT2D eigenvalue weighted by molar-refractivity contribution is 5.71. The van der Waals surface area contributed by atoms with Crippen LogP contribution >= 0.6 is 0 Å². The highest BCUT2D eigenvalue weighted by Crippen LogP contribution is 2.08. The van der Waals surface area contributed by atoms with Gasteiger partial charge in [-0.05, 0) is 12.8 Å². The van der Waals surface area contributed by atoms with E-state index in [4.69, 9.17) is 5.73 Å². The number of urea groups is 1. The molecule has 0 spiro atoms. The predicted octanol–water partition coefficient (Wildman–Crippen LogP) is 3.92. The van der Waals surface area contributed by atoms with Crippen molar-refractivity contribution in [2.75, 3.05) is 13.1 Å². The van der Waals surface area contributed by atoms with Gasteiger partial charge in [-0.1, -0.05) is 58.8 Å². The molecule has 0 aromatic carbocycles. The van der Waals surface area contributed by atoms with Gasteiger partial charge >= 0.3 is 6.03 Å². The Hall–Kier alpha value is -0.730. The summed E-state index contributed by atoms with van der Waals surface area (Å²) in [6.07, 6.45) is 11.3. The molecule has 0 bridgehead atoms. The average molecular weight is 242 g/mol. The molecular formula is C14H30N2O. The Morgan fingerprint density at radius 3 is 1.82 bits per heavy atom. The summed E-state index contributed by atoms with van der Waals surface area (Å²) >= 11 is 0. The monoisotopic (exact) mass is 242 g/mol. The van der Waals surface area contributed by atoms with Crippen LogP contribution in [0, 0.1) is 0 Å². The number of primary amides is 1. The van der Waals surface area contributed by atoms with Gasteiger partial charge in [0.2, 0.25) is 0 Å². The van der Waals surface area contributed by atoms with Crippen LogP contribution in [0.3, 0.4) is 0 Å². The third kappa shape index (κ3) is 10.2. The van der Waals surface area contributed by atoms with Crippen LogP contribution in [0.1, 0.15) is 71.6 Å². The van der Waals surface area contributed by atoms with Crippen LogP contribution in [0.5, 0.6) is 0 Å². The summed E-state index contributed by atoms with van der Waals surface area (Å²) in [6.45, 7) is 5.94. The van der Waals surface area contributed by atoms with E-state index in [1.54, 1.807) is 4.90 Å². The van der Waals surface area contributed by atoms with Crippen molar-refractivity contribution in [2.45, 2.75) is 71.6 Å². The van der Waals surface area contributed by atoms with Crippen molar-refractivity contribution in [3.05, 3.63) is 0 Å². The molecular weight excluding hydrogens is 212 g/mol. The topological polar surface area (TPSA) is 46.3 Å². The fraction of sp³-hybridized carbons (Fsp3) is 0.929. The zero-order chi connectivity index (χ0) is 12.9. The standard InChI is InChI=1S/C14H30N2O/c1-3-5-6-7-8-9-10-11-13-16(12-4-2)14(15)17/h3-13H2,1-2H3,(H2,15,17). The van der Waals surface area contributed by atoms with E-state index in [-0.39, 0.29) is 6.03 Å². The Morgan fingerprint density at radius 2 is 1.35 bits per heavy atom. The van der Waals surface area contributed by atoms with Gasteiger partial charge < -0.3 is 10.6 Å². The lowest BCUT2D eigenvalue weighted by molar-refractivity contribution is 0.206. The van der Waals surface area contributed by atoms with Crippen molar-refractivity contribution in [1.29, 1.82) is 0 Å². The number of carbonyl (C=O) groups excluding carboxylic acids is 1. The van der Waals surface area contributed by atoms with Crippen molar-refractivity contribution < 1.29 is 4.79 Å². The Bertz CT molecular complexity index is 183. The van der Waals surface area contributed by atoms with Crippen LogP contribution in [0.2, 0.25) is 0 Å². The summed E-state index contributed by atoms with van der Waals surface area (Å²) in [4.78, 5) is 12.8. The maximum atomic E-state index is 11.1. The molecule has 2 N–H and O–H groups in total. The van der Waals surface area contributed by atoms with E-state index in [2.05, 4.69) is 13.8 Å². The maximum Gasteiger partial charge on any atom is 0.314 e. The molecule has 0 aromatic rings. The van der Waals surface area contributed by atoms with E-state index < -0.39 is 0 Å². The molecule has 0 aliphatic rings. The number of amides is 2. The Labute approximate surface area is 107 Å². The van der Waals surface area contributed by atoms with Gasteiger partial charge in [0.15, 0.2) is 0 Å². The molecule has 0 rings (SSSR count). The van der Waals surface area contributed by atoms with Gasteiger partial charge in [-0.15, -0.1) is 0 Å². The lowest BCUT2D eigenvalue weighted by Crippen LogP contribution is -2.36. The molecule has 0 aliphatic heterocycles. The zero-order valence-electron chi connectivity index (χ0n) is 11.7. The minimum absolute atomic E-state index is 0.269. The van der Waals surface area contributed by atoms with Crippen LogP contribution in [0.4, 0.5) is 4.79 Å². The Morgan fingerprint density at radius 1 is 0.824 bits per heavy atom. The highest BCUT2D eigenvalue weighted by atomic mass is 16.2. The molecule has 3 heteroatoms. The summed E-state index contributed by atoms with van der Waals surface area (Å²) in [5, 5.41) is 0. The van der Waals surface area contributed by atoms with Crippen LogP contribution in [0.15, 0.2) is 0 Å². The van der Waals surface area contributed by atoms with E-state index in [1.807, 2.05) is 0 Å². The summed E-state index contributed by atoms with van der Waals surface area (Å²) in [7, 11) is 0. The van der Waals surface area contributed by atoms with Crippen molar-refractivity contribution in [3.8, 4) is 0 Å². The lowest BCUT2D eigenvalue weighted by Gasteiger charge is -2.19. The van der Waals surface area contributed by atoms with Gasteiger partial charge in [0, 0.05) is 13.1 Å². The number of nitrogens with zero attached hydrogens (tertiary/aromatic N) is 1. The summed E-state index contributed by atoms with van der Waals surface area (Å²) in [5.74, 6) is 0. The molecule has 0 saturated heterocycles. The normalized spacial score (nSPS) is 10.5. The largest absolute Gasteiger partial charge is 0.351 e. The van der Waals surface area contributed by atoms with Crippen molar-refractivity contribution in [3.63, 3.8) is 0 Å². The molecule has 3 nitrogen and oxygen atoms in total. The summed E-state index contributed by atoms with van der Waals surface area (Å²) in [5.41, 5.74) is 5.31.